The number of carbonyl (C=O) groups is 1. The van der Waals surface area contributed by atoms with Crippen molar-refractivity contribution >= 4 is 5.91 Å². The van der Waals surface area contributed by atoms with Crippen LogP contribution in [-0.2, 0) is 17.9 Å². The molecule has 0 spiro atoms. The maximum absolute atomic E-state index is 13.0. The maximum atomic E-state index is 13.0. The molecule has 1 aromatic carbocycles. The van der Waals surface area contributed by atoms with E-state index in [1.54, 1.807) is 0 Å². The van der Waals surface area contributed by atoms with Crippen LogP contribution in [0.5, 0.6) is 0 Å². The first-order valence-electron chi connectivity index (χ1n) is 10.9. The van der Waals surface area contributed by atoms with Gasteiger partial charge in [-0.15, -0.1) is 0 Å². The molecule has 28 heavy (non-hydrogen) atoms. The van der Waals surface area contributed by atoms with E-state index in [2.05, 4.69) is 86.7 Å². The highest BCUT2D eigenvalue weighted by Crippen LogP contribution is 2.19. The normalized spacial score (nSPS) is 12.4. The molecule has 1 atom stereocenters. The number of aryl methyl sites for hydroxylation is 1. The predicted molar refractivity (Wildman–Crippen MR) is 118 cm³/mol. The highest BCUT2D eigenvalue weighted by atomic mass is 16.2. The van der Waals surface area contributed by atoms with Crippen molar-refractivity contribution in [2.75, 3.05) is 0 Å². The van der Waals surface area contributed by atoms with Gasteiger partial charge in [0.25, 0.3) is 0 Å². The first-order valence-corrected chi connectivity index (χ1v) is 10.9. The Morgan fingerprint density at radius 2 is 1.86 bits per heavy atom. The van der Waals surface area contributed by atoms with E-state index in [0.717, 1.165) is 19.4 Å². The smallest absolute Gasteiger partial charge is 0.223 e. The van der Waals surface area contributed by atoms with Gasteiger partial charge in [0.15, 0.2) is 0 Å². The monoisotopic (exact) mass is 382 g/mol. The molecular formula is C25H38N2O. The topological polar surface area (TPSA) is 25.2 Å². The standard InChI is InChI=1S/C25H38N2O/c1-6-7-8-9-15-25(28)27(22(5)20(2)3)19-24-14-11-16-26(24)18-23-13-10-12-21(4)17-23/h10-14,16-17,20,22H,6-9,15,18-19H2,1-5H3/t22-/m1/s1. The van der Waals surface area contributed by atoms with Gasteiger partial charge >= 0.3 is 0 Å². The van der Waals surface area contributed by atoms with Crippen LogP contribution in [0.3, 0.4) is 0 Å². The fraction of sp³-hybridized carbons (Fsp3) is 0.560. The summed E-state index contributed by atoms with van der Waals surface area (Å²) in [5.74, 6) is 0.736. The van der Waals surface area contributed by atoms with Crippen molar-refractivity contribution in [1.82, 2.24) is 9.47 Å². The Kier molecular flexibility index (Phi) is 8.82. The summed E-state index contributed by atoms with van der Waals surface area (Å²) in [6.45, 7) is 12.5. The molecule has 0 aliphatic carbocycles. The van der Waals surface area contributed by atoms with E-state index in [4.69, 9.17) is 0 Å². The van der Waals surface area contributed by atoms with Gasteiger partial charge in [0, 0.05) is 30.9 Å². The average Bonchev–Trinajstić information content (AvgIpc) is 3.09. The number of hydrogen-bond acceptors (Lipinski definition) is 1. The van der Waals surface area contributed by atoms with Gasteiger partial charge in [-0.3, -0.25) is 4.79 Å². The van der Waals surface area contributed by atoms with Crippen LogP contribution in [0.25, 0.3) is 0 Å². The molecule has 0 fully saturated rings. The lowest BCUT2D eigenvalue weighted by Gasteiger charge is -2.32. The highest BCUT2D eigenvalue weighted by molar-refractivity contribution is 5.76. The van der Waals surface area contributed by atoms with E-state index >= 15 is 0 Å². The fourth-order valence-electron chi connectivity index (χ4n) is 3.59. The molecule has 0 saturated heterocycles. The molecule has 0 N–H and O–H groups in total. The second-order valence-corrected chi connectivity index (χ2v) is 8.43. The molecule has 0 unspecified atom stereocenters. The van der Waals surface area contributed by atoms with Crippen LogP contribution in [0.2, 0.25) is 0 Å². The molecule has 0 bridgehead atoms. The summed E-state index contributed by atoms with van der Waals surface area (Å²) in [7, 11) is 0. The largest absolute Gasteiger partial charge is 0.345 e. The van der Waals surface area contributed by atoms with Crippen LogP contribution in [0.4, 0.5) is 0 Å². The molecule has 0 aliphatic rings. The van der Waals surface area contributed by atoms with Crippen molar-refractivity contribution < 1.29 is 4.79 Å². The first kappa shape index (κ1) is 22.3. The zero-order valence-electron chi connectivity index (χ0n) is 18.4. The summed E-state index contributed by atoms with van der Waals surface area (Å²) in [4.78, 5) is 15.1. The Balaban J connectivity index is 2.11. The molecule has 1 aromatic heterocycles. The first-order chi connectivity index (χ1) is 13.4. The number of benzene rings is 1. The molecule has 1 amide bonds. The molecule has 1 heterocycles. The van der Waals surface area contributed by atoms with Gasteiger partial charge in [0.2, 0.25) is 5.91 Å². The second kappa shape index (κ2) is 11.1. The van der Waals surface area contributed by atoms with Crippen molar-refractivity contribution in [2.45, 2.75) is 85.9 Å². The number of rotatable bonds is 11. The van der Waals surface area contributed by atoms with Gasteiger partial charge in [0.1, 0.15) is 0 Å². The zero-order chi connectivity index (χ0) is 20.5. The van der Waals surface area contributed by atoms with E-state index in [9.17, 15) is 4.79 Å². The minimum Gasteiger partial charge on any atom is -0.345 e. The van der Waals surface area contributed by atoms with Crippen LogP contribution in [0, 0.1) is 12.8 Å². The molecular weight excluding hydrogens is 344 g/mol. The van der Waals surface area contributed by atoms with E-state index in [1.165, 1.54) is 29.7 Å². The minimum absolute atomic E-state index is 0.237. The molecule has 0 saturated carbocycles. The third-order valence-electron chi connectivity index (χ3n) is 5.71. The SMILES string of the molecule is CCCCCCC(=O)N(Cc1cccn1Cc1cccc(C)c1)[C@H](C)C(C)C. The van der Waals surface area contributed by atoms with Gasteiger partial charge in [-0.1, -0.05) is 69.9 Å². The zero-order valence-corrected chi connectivity index (χ0v) is 18.4. The third-order valence-corrected chi connectivity index (χ3v) is 5.71. The van der Waals surface area contributed by atoms with Crippen molar-refractivity contribution in [3.8, 4) is 0 Å². The van der Waals surface area contributed by atoms with E-state index < -0.39 is 0 Å². The summed E-state index contributed by atoms with van der Waals surface area (Å²) in [5.41, 5.74) is 3.78. The number of nitrogens with zero attached hydrogens (tertiary/aromatic N) is 2. The molecule has 154 valence electrons. The number of hydrogen-bond donors (Lipinski definition) is 0. The number of aromatic nitrogens is 1. The predicted octanol–water partition coefficient (Wildman–Crippen LogP) is 6.19. The van der Waals surface area contributed by atoms with E-state index in [1.807, 2.05) is 0 Å². The van der Waals surface area contributed by atoms with Crippen molar-refractivity contribution in [1.29, 1.82) is 0 Å². The Morgan fingerprint density at radius 3 is 2.54 bits per heavy atom. The van der Waals surface area contributed by atoms with Gasteiger partial charge in [-0.05, 0) is 43.9 Å². The molecule has 0 radical (unpaired) electrons. The van der Waals surface area contributed by atoms with Gasteiger partial charge in [-0.2, -0.15) is 0 Å². The summed E-state index contributed by atoms with van der Waals surface area (Å²) in [6.07, 6.45) is 7.35. The quantitative estimate of drug-likeness (QED) is 0.425. The lowest BCUT2D eigenvalue weighted by atomic mass is 10.0. The van der Waals surface area contributed by atoms with Gasteiger partial charge in [-0.25, -0.2) is 0 Å². The Hall–Kier alpha value is -2.03. The molecule has 0 aliphatic heterocycles. The molecule has 3 nitrogen and oxygen atoms in total. The number of unbranched alkanes of at least 4 members (excludes halogenated alkanes) is 3. The van der Waals surface area contributed by atoms with Crippen molar-refractivity contribution in [2.24, 2.45) is 5.92 Å². The lowest BCUT2D eigenvalue weighted by Crippen LogP contribution is -2.41. The maximum Gasteiger partial charge on any atom is 0.223 e. The summed E-state index contributed by atoms with van der Waals surface area (Å²) in [6, 6.07) is 13.1. The van der Waals surface area contributed by atoms with Crippen LogP contribution in [-0.4, -0.2) is 21.4 Å². The van der Waals surface area contributed by atoms with Crippen molar-refractivity contribution in [3.63, 3.8) is 0 Å². The van der Waals surface area contributed by atoms with Crippen LogP contribution >= 0.6 is 0 Å². The van der Waals surface area contributed by atoms with Gasteiger partial charge < -0.3 is 9.47 Å². The number of carbonyl (C=O) groups excluding carboxylic acids is 1. The van der Waals surface area contributed by atoms with Gasteiger partial charge in [0.05, 0.1) is 6.54 Å². The minimum atomic E-state index is 0.237. The molecule has 2 rings (SSSR count). The Bertz CT molecular complexity index is 732. The summed E-state index contributed by atoms with van der Waals surface area (Å²) < 4.78 is 2.28. The lowest BCUT2D eigenvalue weighted by molar-refractivity contribution is -0.135. The second-order valence-electron chi connectivity index (χ2n) is 8.43. The van der Waals surface area contributed by atoms with E-state index in [-0.39, 0.29) is 6.04 Å². The average molecular weight is 383 g/mol. The Labute approximate surface area is 171 Å². The fourth-order valence-corrected chi connectivity index (χ4v) is 3.59. The number of amides is 1. The molecule has 3 heteroatoms. The summed E-state index contributed by atoms with van der Waals surface area (Å²) in [5, 5.41) is 0. The van der Waals surface area contributed by atoms with E-state index in [0.29, 0.717) is 24.8 Å². The molecule has 2 aromatic rings. The third kappa shape index (κ3) is 6.54. The van der Waals surface area contributed by atoms with Crippen LogP contribution < -0.4 is 0 Å². The highest BCUT2D eigenvalue weighted by Gasteiger charge is 2.23. The van der Waals surface area contributed by atoms with Crippen LogP contribution in [0.1, 0.15) is 76.6 Å². The summed E-state index contributed by atoms with van der Waals surface area (Å²) >= 11 is 0. The van der Waals surface area contributed by atoms with Crippen molar-refractivity contribution in [3.05, 3.63) is 59.4 Å². The van der Waals surface area contributed by atoms with Crippen LogP contribution in [0.15, 0.2) is 42.6 Å². The Morgan fingerprint density at radius 1 is 1.07 bits per heavy atom.